The monoisotopic (exact) mass is 385 g/mol. The molecule has 1 aromatic carbocycles. The summed E-state index contributed by atoms with van der Waals surface area (Å²) < 4.78 is 0. The number of thiophene rings is 1. The molecule has 1 aliphatic rings. The van der Waals surface area contributed by atoms with Gasteiger partial charge in [-0.2, -0.15) is 11.3 Å². The highest BCUT2D eigenvalue weighted by atomic mass is 32.1. The first-order valence-electron chi connectivity index (χ1n) is 9.48. The molecule has 0 saturated carbocycles. The van der Waals surface area contributed by atoms with E-state index < -0.39 is 0 Å². The van der Waals surface area contributed by atoms with Crippen molar-refractivity contribution in [3.8, 4) is 0 Å². The molecule has 0 aliphatic carbocycles. The lowest BCUT2D eigenvalue weighted by Crippen LogP contribution is -2.37. The van der Waals surface area contributed by atoms with Crippen molar-refractivity contribution in [2.45, 2.75) is 26.3 Å². The molecule has 0 bridgehead atoms. The quantitative estimate of drug-likeness (QED) is 0.832. The van der Waals surface area contributed by atoms with Crippen molar-refractivity contribution in [3.05, 3.63) is 57.8 Å². The molecule has 2 heterocycles. The van der Waals surface area contributed by atoms with Crippen LogP contribution in [0.5, 0.6) is 0 Å². The van der Waals surface area contributed by atoms with Crippen molar-refractivity contribution < 1.29 is 9.59 Å². The van der Waals surface area contributed by atoms with E-state index in [0.29, 0.717) is 18.5 Å². The van der Waals surface area contributed by atoms with Gasteiger partial charge >= 0.3 is 0 Å². The van der Waals surface area contributed by atoms with Gasteiger partial charge in [0.15, 0.2) is 0 Å². The van der Waals surface area contributed by atoms with E-state index in [1.165, 1.54) is 22.5 Å². The number of amides is 2. The first kappa shape index (κ1) is 19.6. The fourth-order valence-corrected chi connectivity index (χ4v) is 3.98. The summed E-state index contributed by atoms with van der Waals surface area (Å²) in [6.45, 7) is 6.91. The van der Waals surface area contributed by atoms with Crippen LogP contribution < -0.4 is 5.32 Å². The lowest BCUT2D eigenvalue weighted by Gasteiger charge is -2.22. The summed E-state index contributed by atoms with van der Waals surface area (Å²) in [6, 6.07) is 10.3. The molecule has 2 amide bonds. The molecule has 0 radical (unpaired) electrons. The maximum absolute atomic E-state index is 12.5. The van der Waals surface area contributed by atoms with Gasteiger partial charge in [-0.05, 0) is 35.9 Å². The van der Waals surface area contributed by atoms with Crippen LogP contribution in [0.25, 0.3) is 0 Å². The van der Waals surface area contributed by atoms with E-state index in [-0.39, 0.29) is 11.8 Å². The molecular formula is C21H27N3O2S. The van der Waals surface area contributed by atoms with Crippen LogP contribution in [0.15, 0.2) is 41.1 Å². The summed E-state index contributed by atoms with van der Waals surface area (Å²) in [7, 11) is 0. The van der Waals surface area contributed by atoms with Gasteiger partial charge in [0, 0.05) is 56.6 Å². The van der Waals surface area contributed by atoms with Crippen LogP contribution >= 0.6 is 11.3 Å². The van der Waals surface area contributed by atoms with Crippen LogP contribution in [0.1, 0.15) is 34.3 Å². The van der Waals surface area contributed by atoms with E-state index in [2.05, 4.69) is 41.4 Å². The molecule has 1 aliphatic heterocycles. The summed E-state index contributed by atoms with van der Waals surface area (Å²) in [5.41, 5.74) is 3.33. The van der Waals surface area contributed by atoms with Gasteiger partial charge in [0.25, 0.3) is 5.91 Å². The summed E-state index contributed by atoms with van der Waals surface area (Å²) in [6.07, 6.45) is 1.34. The third-order valence-corrected chi connectivity index (χ3v) is 5.69. The van der Waals surface area contributed by atoms with Gasteiger partial charge in [0.1, 0.15) is 0 Å². The number of nitrogens with one attached hydrogen (secondary N) is 1. The zero-order chi connectivity index (χ0) is 19.1. The summed E-state index contributed by atoms with van der Waals surface area (Å²) in [5.74, 6) is 0.0164. The molecule has 0 atom stereocenters. The molecule has 27 heavy (non-hydrogen) atoms. The number of aryl methyl sites for hydroxylation is 1. The van der Waals surface area contributed by atoms with Crippen molar-refractivity contribution in [2.75, 3.05) is 32.7 Å². The van der Waals surface area contributed by atoms with Crippen molar-refractivity contribution >= 4 is 23.2 Å². The lowest BCUT2D eigenvalue weighted by atomic mass is 10.1. The van der Waals surface area contributed by atoms with Gasteiger partial charge in [-0.3, -0.25) is 14.5 Å². The molecule has 1 fully saturated rings. The van der Waals surface area contributed by atoms with Gasteiger partial charge in [0.05, 0.1) is 0 Å². The van der Waals surface area contributed by atoms with E-state index in [0.717, 1.165) is 39.1 Å². The van der Waals surface area contributed by atoms with Gasteiger partial charge in [-0.1, -0.05) is 24.3 Å². The number of hydrogen-bond acceptors (Lipinski definition) is 4. The Labute approximate surface area is 165 Å². The van der Waals surface area contributed by atoms with Crippen molar-refractivity contribution in [2.24, 2.45) is 0 Å². The predicted molar refractivity (Wildman–Crippen MR) is 109 cm³/mol. The minimum atomic E-state index is -0.107. The molecular weight excluding hydrogens is 358 g/mol. The Morgan fingerprint density at radius 3 is 2.74 bits per heavy atom. The van der Waals surface area contributed by atoms with Crippen LogP contribution in [0.4, 0.5) is 0 Å². The number of carbonyl (C=O) groups is 2. The first-order chi connectivity index (χ1) is 13.1. The average molecular weight is 386 g/mol. The smallest absolute Gasteiger partial charge is 0.252 e. The highest BCUT2D eigenvalue weighted by Crippen LogP contribution is 2.13. The number of hydrogen-bond donors (Lipinski definition) is 1. The highest BCUT2D eigenvalue weighted by Gasteiger charge is 2.19. The lowest BCUT2D eigenvalue weighted by molar-refractivity contribution is -0.130. The zero-order valence-corrected chi connectivity index (χ0v) is 16.6. The third-order valence-electron chi connectivity index (χ3n) is 5.00. The molecule has 0 unspecified atom stereocenters. The molecule has 6 heteroatoms. The fourth-order valence-electron chi connectivity index (χ4n) is 3.34. The second-order valence-electron chi connectivity index (χ2n) is 6.95. The van der Waals surface area contributed by atoms with Crippen LogP contribution in [0.2, 0.25) is 0 Å². The number of benzene rings is 1. The number of carbonyl (C=O) groups excluding carboxylic acids is 2. The van der Waals surface area contributed by atoms with E-state index in [4.69, 9.17) is 0 Å². The number of rotatable bonds is 6. The van der Waals surface area contributed by atoms with Gasteiger partial charge in [-0.25, -0.2) is 0 Å². The van der Waals surface area contributed by atoms with Crippen LogP contribution in [-0.4, -0.2) is 54.3 Å². The normalized spacial score (nSPS) is 15.4. The van der Waals surface area contributed by atoms with Crippen LogP contribution in [0.3, 0.4) is 0 Å². The summed E-state index contributed by atoms with van der Waals surface area (Å²) >= 11 is 1.49. The summed E-state index contributed by atoms with van der Waals surface area (Å²) in [5, 5.41) is 6.52. The second kappa shape index (κ2) is 9.67. The van der Waals surface area contributed by atoms with Crippen LogP contribution in [-0.2, 0) is 11.3 Å². The predicted octanol–water partition coefficient (Wildman–Crippen LogP) is 2.91. The Morgan fingerprint density at radius 2 is 1.96 bits per heavy atom. The zero-order valence-electron chi connectivity index (χ0n) is 15.8. The Balaban J connectivity index is 1.42. The number of nitrogens with zero attached hydrogens (tertiary/aromatic N) is 2. The first-order valence-corrected chi connectivity index (χ1v) is 10.4. The SMILES string of the molecule is Cc1ccccc1CN1CCCN(C(=O)CCNC(=O)c2ccsc2)CC1. The topological polar surface area (TPSA) is 52.6 Å². The standard InChI is InChI=1S/C21H27N3O2S/c1-17-5-2-3-6-18(17)15-23-10-4-11-24(13-12-23)20(25)7-9-22-21(26)19-8-14-27-16-19/h2-3,5-6,8,14,16H,4,7,9-13,15H2,1H3,(H,22,26). The van der Waals surface area contributed by atoms with Gasteiger partial charge in [-0.15, -0.1) is 0 Å². The summed E-state index contributed by atoms with van der Waals surface area (Å²) in [4.78, 5) is 28.8. The molecule has 3 rings (SSSR count). The van der Waals surface area contributed by atoms with E-state index in [9.17, 15) is 9.59 Å². The molecule has 1 aromatic heterocycles. The van der Waals surface area contributed by atoms with Crippen molar-refractivity contribution in [1.29, 1.82) is 0 Å². The Morgan fingerprint density at radius 1 is 1.11 bits per heavy atom. The Bertz CT molecular complexity index is 761. The van der Waals surface area contributed by atoms with E-state index in [1.54, 1.807) is 6.07 Å². The maximum atomic E-state index is 12.5. The van der Waals surface area contributed by atoms with Gasteiger partial charge in [0.2, 0.25) is 5.91 Å². The van der Waals surface area contributed by atoms with Crippen molar-refractivity contribution in [1.82, 2.24) is 15.1 Å². The molecule has 1 N–H and O–H groups in total. The minimum Gasteiger partial charge on any atom is -0.351 e. The highest BCUT2D eigenvalue weighted by molar-refractivity contribution is 7.08. The maximum Gasteiger partial charge on any atom is 0.252 e. The molecule has 1 saturated heterocycles. The Kier molecular flexibility index (Phi) is 7.01. The largest absolute Gasteiger partial charge is 0.351 e. The molecule has 5 nitrogen and oxygen atoms in total. The molecule has 2 aromatic rings. The second-order valence-corrected chi connectivity index (χ2v) is 7.73. The van der Waals surface area contributed by atoms with Crippen LogP contribution in [0, 0.1) is 6.92 Å². The molecule has 144 valence electrons. The average Bonchev–Trinajstić information content (AvgIpc) is 3.10. The molecule has 0 spiro atoms. The Hall–Kier alpha value is -2.18. The van der Waals surface area contributed by atoms with Gasteiger partial charge < -0.3 is 10.2 Å². The third kappa shape index (κ3) is 5.65. The van der Waals surface area contributed by atoms with E-state index >= 15 is 0 Å². The minimum absolute atomic E-state index is 0.107. The van der Waals surface area contributed by atoms with E-state index in [1.807, 2.05) is 15.7 Å². The fraction of sp³-hybridized carbons (Fsp3) is 0.429. The van der Waals surface area contributed by atoms with Crippen molar-refractivity contribution in [3.63, 3.8) is 0 Å².